The van der Waals surface area contributed by atoms with Crippen molar-refractivity contribution in [1.82, 2.24) is 10.2 Å². The Hall–Kier alpha value is -4.12. The molecule has 0 spiro atoms. The Morgan fingerprint density at radius 3 is 1.88 bits per heavy atom. The highest BCUT2D eigenvalue weighted by Gasteiger charge is 2.34. The van der Waals surface area contributed by atoms with E-state index < -0.39 is 39.9 Å². The molecule has 0 aliphatic heterocycles. The fourth-order valence-corrected chi connectivity index (χ4v) is 5.73. The summed E-state index contributed by atoms with van der Waals surface area (Å²) in [5, 5.41) is 2.93. The Morgan fingerprint density at radius 2 is 1.40 bits per heavy atom. The molecule has 0 aromatic heterocycles. The number of amides is 2. The molecule has 226 valence electrons. The van der Waals surface area contributed by atoms with Crippen molar-refractivity contribution in [2.45, 2.75) is 57.1 Å². The summed E-state index contributed by atoms with van der Waals surface area (Å²) >= 11 is 0. The van der Waals surface area contributed by atoms with Crippen molar-refractivity contribution >= 4 is 27.5 Å². The molecule has 3 rings (SSSR count). The van der Waals surface area contributed by atoms with E-state index in [4.69, 9.17) is 9.47 Å². The van der Waals surface area contributed by atoms with Crippen LogP contribution in [-0.4, -0.2) is 57.5 Å². The van der Waals surface area contributed by atoms with E-state index >= 15 is 0 Å². The summed E-state index contributed by atoms with van der Waals surface area (Å²) in [5.74, 6) is -0.443. The predicted octanol–water partition coefficient (Wildman–Crippen LogP) is 4.76. The van der Waals surface area contributed by atoms with Crippen LogP contribution in [0.3, 0.4) is 0 Å². The SMILES string of the molecule is CC[C@@H](C(=O)NC(C)(C)C)N(Cc1ccc(OC)cc1)C(=O)CN(c1ccc(F)cc1)S(=O)(=O)c1ccc(OC)cc1. The van der Waals surface area contributed by atoms with Gasteiger partial charge >= 0.3 is 0 Å². The maximum absolute atomic E-state index is 14.1. The van der Waals surface area contributed by atoms with Crippen LogP contribution in [0.5, 0.6) is 11.5 Å². The largest absolute Gasteiger partial charge is 0.497 e. The maximum Gasteiger partial charge on any atom is 0.264 e. The minimum atomic E-state index is -4.29. The number of sulfonamides is 1. The normalized spacial score (nSPS) is 12.3. The second kappa shape index (κ2) is 13.7. The van der Waals surface area contributed by atoms with E-state index in [1.54, 1.807) is 38.3 Å². The van der Waals surface area contributed by atoms with Gasteiger partial charge in [-0.15, -0.1) is 0 Å². The van der Waals surface area contributed by atoms with Crippen molar-refractivity contribution in [1.29, 1.82) is 0 Å². The molecule has 3 aromatic carbocycles. The van der Waals surface area contributed by atoms with Crippen LogP contribution < -0.4 is 19.1 Å². The van der Waals surface area contributed by atoms with Gasteiger partial charge in [0.15, 0.2) is 0 Å². The van der Waals surface area contributed by atoms with Crippen molar-refractivity contribution in [2.75, 3.05) is 25.1 Å². The van der Waals surface area contributed by atoms with Crippen LogP contribution in [0.25, 0.3) is 0 Å². The number of nitrogens with zero attached hydrogens (tertiary/aromatic N) is 2. The van der Waals surface area contributed by atoms with Crippen LogP contribution in [0.4, 0.5) is 10.1 Å². The second-order valence-electron chi connectivity index (χ2n) is 10.7. The van der Waals surface area contributed by atoms with Gasteiger partial charge in [0.2, 0.25) is 11.8 Å². The molecule has 9 nitrogen and oxygen atoms in total. The number of halogens is 1. The van der Waals surface area contributed by atoms with E-state index in [9.17, 15) is 22.4 Å². The third-order valence-corrected chi connectivity index (χ3v) is 8.23. The quantitative estimate of drug-likeness (QED) is 0.322. The molecular formula is C31H38FN3O6S. The number of anilines is 1. The Bertz CT molecular complexity index is 1450. The lowest BCUT2D eigenvalue weighted by Gasteiger charge is -2.34. The number of hydrogen-bond acceptors (Lipinski definition) is 6. The van der Waals surface area contributed by atoms with Gasteiger partial charge in [0.25, 0.3) is 10.0 Å². The van der Waals surface area contributed by atoms with Crippen molar-refractivity contribution in [3.63, 3.8) is 0 Å². The molecule has 0 saturated heterocycles. The van der Waals surface area contributed by atoms with Crippen molar-refractivity contribution in [3.05, 3.63) is 84.2 Å². The number of ether oxygens (including phenoxy) is 2. The number of carbonyl (C=O) groups excluding carboxylic acids is 2. The lowest BCUT2D eigenvalue weighted by molar-refractivity contribution is -0.141. The Balaban J connectivity index is 2.06. The highest BCUT2D eigenvalue weighted by molar-refractivity contribution is 7.92. The van der Waals surface area contributed by atoms with Crippen LogP contribution >= 0.6 is 0 Å². The van der Waals surface area contributed by atoms with E-state index in [1.807, 2.05) is 20.8 Å². The third kappa shape index (κ3) is 8.22. The molecular weight excluding hydrogens is 561 g/mol. The summed E-state index contributed by atoms with van der Waals surface area (Å²) in [4.78, 5) is 28.8. The molecule has 1 atom stereocenters. The number of rotatable bonds is 12. The molecule has 0 unspecified atom stereocenters. The van der Waals surface area contributed by atoms with Gasteiger partial charge in [-0.3, -0.25) is 13.9 Å². The van der Waals surface area contributed by atoms with Gasteiger partial charge in [-0.05, 0) is 93.4 Å². The molecule has 0 fully saturated rings. The first-order valence-electron chi connectivity index (χ1n) is 13.5. The molecule has 0 bridgehead atoms. The topological polar surface area (TPSA) is 105 Å². The van der Waals surface area contributed by atoms with Crippen LogP contribution in [0.1, 0.15) is 39.7 Å². The first kappa shape index (κ1) is 32.4. The summed E-state index contributed by atoms with van der Waals surface area (Å²) in [6, 6.07) is 16.7. The summed E-state index contributed by atoms with van der Waals surface area (Å²) in [6.07, 6.45) is 0.283. The lowest BCUT2D eigenvalue weighted by atomic mass is 10.1. The fourth-order valence-electron chi connectivity index (χ4n) is 4.31. The fraction of sp³-hybridized carbons (Fsp3) is 0.355. The summed E-state index contributed by atoms with van der Waals surface area (Å²) in [7, 11) is -1.29. The standard InChI is InChI=1S/C31H38FN3O6S/c1-7-28(30(37)33-31(2,3)4)34(20-22-8-14-25(40-5)15-9-22)29(36)21-35(24-12-10-23(32)11-13-24)42(38,39)27-18-16-26(41-6)17-19-27/h8-19,28H,7,20-21H2,1-6H3,(H,33,37)/t28-/m0/s1. The number of benzene rings is 3. The summed E-state index contributed by atoms with van der Waals surface area (Å²) in [5.41, 5.74) is 0.256. The van der Waals surface area contributed by atoms with Gasteiger partial charge < -0.3 is 19.7 Å². The number of carbonyl (C=O) groups is 2. The lowest BCUT2D eigenvalue weighted by Crippen LogP contribution is -2.55. The van der Waals surface area contributed by atoms with Gasteiger partial charge in [0.05, 0.1) is 24.8 Å². The average molecular weight is 600 g/mol. The number of nitrogens with one attached hydrogen (secondary N) is 1. The minimum Gasteiger partial charge on any atom is -0.497 e. The highest BCUT2D eigenvalue weighted by atomic mass is 32.2. The summed E-state index contributed by atoms with van der Waals surface area (Å²) < 4.78 is 52.9. The van der Waals surface area contributed by atoms with E-state index in [1.165, 1.54) is 48.4 Å². The molecule has 3 aromatic rings. The van der Waals surface area contributed by atoms with Gasteiger partial charge in [-0.1, -0.05) is 19.1 Å². The van der Waals surface area contributed by atoms with Crippen molar-refractivity contribution in [3.8, 4) is 11.5 Å². The van der Waals surface area contributed by atoms with Crippen LogP contribution in [-0.2, 0) is 26.2 Å². The van der Waals surface area contributed by atoms with Crippen LogP contribution in [0.2, 0.25) is 0 Å². The Kier molecular flexibility index (Phi) is 10.6. The monoisotopic (exact) mass is 599 g/mol. The third-order valence-electron chi connectivity index (χ3n) is 6.44. The van der Waals surface area contributed by atoms with E-state index in [-0.39, 0.29) is 29.5 Å². The van der Waals surface area contributed by atoms with Crippen molar-refractivity contribution < 1.29 is 31.9 Å². The molecule has 0 aliphatic carbocycles. The zero-order valence-corrected chi connectivity index (χ0v) is 25.6. The molecule has 11 heteroatoms. The zero-order valence-electron chi connectivity index (χ0n) is 24.8. The molecule has 1 N–H and O–H groups in total. The van der Waals surface area contributed by atoms with Gasteiger partial charge in [-0.2, -0.15) is 0 Å². The highest BCUT2D eigenvalue weighted by Crippen LogP contribution is 2.26. The molecule has 0 radical (unpaired) electrons. The van der Waals surface area contributed by atoms with Crippen LogP contribution in [0.15, 0.2) is 77.7 Å². The maximum atomic E-state index is 14.1. The Labute approximate surface area is 247 Å². The zero-order chi connectivity index (χ0) is 31.1. The van der Waals surface area contributed by atoms with Crippen LogP contribution in [0, 0.1) is 5.82 Å². The second-order valence-corrected chi connectivity index (χ2v) is 12.6. The minimum absolute atomic E-state index is 0.0404. The number of methoxy groups -OCH3 is 2. The van der Waals surface area contributed by atoms with Gasteiger partial charge in [-0.25, -0.2) is 12.8 Å². The van der Waals surface area contributed by atoms with E-state index in [0.717, 1.165) is 22.0 Å². The molecule has 0 saturated carbocycles. The molecule has 0 heterocycles. The van der Waals surface area contributed by atoms with E-state index in [0.29, 0.717) is 11.5 Å². The van der Waals surface area contributed by atoms with Crippen molar-refractivity contribution in [2.24, 2.45) is 0 Å². The molecule has 42 heavy (non-hydrogen) atoms. The van der Waals surface area contributed by atoms with Gasteiger partial charge in [0, 0.05) is 12.1 Å². The smallest absolute Gasteiger partial charge is 0.264 e. The number of hydrogen-bond donors (Lipinski definition) is 1. The van der Waals surface area contributed by atoms with E-state index in [2.05, 4.69) is 5.32 Å². The molecule has 0 aliphatic rings. The average Bonchev–Trinajstić information content (AvgIpc) is 2.95. The first-order chi connectivity index (χ1) is 19.8. The summed E-state index contributed by atoms with van der Waals surface area (Å²) in [6.45, 7) is 6.71. The first-order valence-corrected chi connectivity index (χ1v) is 14.9. The Morgan fingerprint density at radius 1 is 0.881 bits per heavy atom. The predicted molar refractivity (Wildman–Crippen MR) is 159 cm³/mol. The molecule has 2 amide bonds. The van der Waals surface area contributed by atoms with Gasteiger partial charge in [0.1, 0.15) is 29.9 Å².